The van der Waals surface area contributed by atoms with Gasteiger partial charge in [-0.05, 0) is 43.4 Å². The molecule has 1 aromatic carbocycles. The van der Waals surface area contributed by atoms with Crippen LogP contribution in [0.1, 0.15) is 31.2 Å². The van der Waals surface area contributed by atoms with Crippen LogP contribution in [0.15, 0.2) is 24.3 Å². The normalized spacial score (nSPS) is 28.8. The lowest BCUT2D eigenvalue weighted by atomic mass is 10.0. The third kappa shape index (κ3) is 3.62. The molecule has 1 N–H and O–H groups in total. The molecule has 3 atom stereocenters. The lowest BCUT2D eigenvalue weighted by Crippen LogP contribution is -2.41. The Labute approximate surface area is 121 Å². The van der Waals surface area contributed by atoms with Crippen molar-refractivity contribution in [2.45, 2.75) is 50.5 Å². The molecule has 2 fully saturated rings. The van der Waals surface area contributed by atoms with E-state index in [1.807, 2.05) is 12.1 Å². The molecule has 2 aliphatic rings. The number of benzene rings is 1. The molecule has 1 aromatic rings. The quantitative estimate of drug-likeness (QED) is 0.922. The van der Waals surface area contributed by atoms with Crippen molar-refractivity contribution in [1.29, 1.82) is 0 Å². The molecule has 0 aromatic heterocycles. The van der Waals surface area contributed by atoms with Gasteiger partial charge in [0.1, 0.15) is 5.75 Å². The van der Waals surface area contributed by atoms with E-state index in [1.165, 1.54) is 31.2 Å². The summed E-state index contributed by atoms with van der Waals surface area (Å²) >= 11 is 0. The van der Waals surface area contributed by atoms with Gasteiger partial charge in [-0.15, -0.1) is 12.4 Å². The Bertz CT molecular complexity index is 401. The largest absolute Gasteiger partial charge is 0.497 e. The zero-order chi connectivity index (χ0) is 12.4. The molecule has 0 spiro atoms. The zero-order valence-corrected chi connectivity index (χ0v) is 12.1. The third-order valence-corrected chi connectivity index (χ3v) is 4.05. The first-order valence-corrected chi connectivity index (χ1v) is 6.84. The summed E-state index contributed by atoms with van der Waals surface area (Å²) in [7, 11) is 1.70. The van der Waals surface area contributed by atoms with Gasteiger partial charge in [-0.3, -0.25) is 0 Å². The number of hydrogen-bond donors (Lipinski definition) is 1. The highest BCUT2D eigenvalue weighted by Crippen LogP contribution is 2.29. The fourth-order valence-corrected chi connectivity index (χ4v) is 3.12. The first kappa shape index (κ1) is 14.6. The molecule has 0 amide bonds. The standard InChI is InChI=1S/C15H21NO2.ClH/c1-17-14-4-2-3-11(7-14)10-18-15-8-12-5-6-13(9-15)16-12;/h2-4,7,12-13,15-16H,5-6,8-10H2,1H3;1H/t12-,13+,15+;. The van der Waals surface area contributed by atoms with Crippen LogP contribution in [-0.4, -0.2) is 25.3 Å². The molecule has 3 rings (SSSR count). The van der Waals surface area contributed by atoms with Crippen molar-refractivity contribution in [3.63, 3.8) is 0 Å². The van der Waals surface area contributed by atoms with Crippen LogP contribution in [0.5, 0.6) is 5.75 Å². The molecule has 19 heavy (non-hydrogen) atoms. The van der Waals surface area contributed by atoms with E-state index in [0.29, 0.717) is 24.8 Å². The molecule has 2 heterocycles. The van der Waals surface area contributed by atoms with Gasteiger partial charge in [-0.1, -0.05) is 12.1 Å². The van der Waals surface area contributed by atoms with Crippen LogP contribution in [0.2, 0.25) is 0 Å². The van der Waals surface area contributed by atoms with E-state index in [2.05, 4.69) is 17.4 Å². The first-order chi connectivity index (χ1) is 8.83. The molecule has 0 aliphatic carbocycles. The second-order valence-electron chi connectivity index (χ2n) is 5.39. The Morgan fingerprint density at radius 2 is 1.95 bits per heavy atom. The van der Waals surface area contributed by atoms with Gasteiger partial charge in [-0.25, -0.2) is 0 Å². The number of nitrogens with one attached hydrogen (secondary N) is 1. The average molecular weight is 284 g/mol. The summed E-state index contributed by atoms with van der Waals surface area (Å²) in [4.78, 5) is 0. The monoisotopic (exact) mass is 283 g/mol. The molecule has 106 valence electrons. The Hall–Kier alpha value is -0.770. The second kappa shape index (κ2) is 6.60. The Kier molecular flexibility index (Phi) is 5.08. The molecule has 0 saturated carbocycles. The van der Waals surface area contributed by atoms with E-state index in [9.17, 15) is 0 Å². The summed E-state index contributed by atoms with van der Waals surface area (Å²) in [5.41, 5.74) is 1.19. The fraction of sp³-hybridized carbons (Fsp3) is 0.600. The van der Waals surface area contributed by atoms with Crippen molar-refractivity contribution in [3.05, 3.63) is 29.8 Å². The van der Waals surface area contributed by atoms with Crippen LogP contribution in [0.3, 0.4) is 0 Å². The van der Waals surface area contributed by atoms with Crippen molar-refractivity contribution in [3.8, 4) is 5.75 Å². The summed E-state index contributed by atoms with van der Waals surface area (Å²) in [5.74, 6) is 0.904. The van der Waals surface area contributed by atoms with Gasteiger partial charge >= 0.3 is 0 Å². The van der Waals surface area contributed by atoms with E-state index in [1.54, 1.807) is 7.11 Å². The Balaban J connectivity index is 0.00000133. The summed E-state index contributed by atoms with van der Waals surface area (Å²) in [6.45, 7) is 0.696. The Morgan fingerprint density at radius 1 is 1.21 bits per heavy atom. The number of piperidine rings is 1. The van der Waals surface area contributed by atoms with Crippen molar-refractivity contribution >= 4 is 12.4 Å². The molecule has 2 bridgehead atoms. The highest BCUT2D eigenvalue weighted by Gasteiger charge is 2.33. The van der Waals surface area contributed by atoms with E-state index >= 15 is 0 Å². The number of methoxy groups -OCH3 is 1. The van der Waals surface area contributed by atoms with E-state index in [0.717, 1.165) is 5.75 Å². The molecule has 2 aliphatic heterocycles. The van der Waals surface area contributed by atoms with Gasteiger partial charge in [0.2, 0.25) is 0 Å². The van der Waals surface area contributed by atoms with Gasteiger partial charge in [-0.2, -0.15) is 0 Å². The molecule has 3 nitrogen and oxygen atoms in total. The van der Waals surface area contributed by atoms with Crippen LogP contribution >= 0.6 is 12.4 Å². The van der Waals surface area contributed by atoms with Crippen LogP contribution in [0, 0.1) is 0 Å². The molecule has 0 unspecified atom stereocenters. The SMILES string of the molecule is COc1cccc(CO[C@H]2C[C@H]3CC[C@@H](C2)N3)c1.Cl. The number of rotatable bonds is 4. The number of hydrogen-bond acceptors (Lipinski definition) is 3. The molecular formula is C15H22ClNO2. The van der Waals surface area contributed by atoms with Gasteiger partial charge in [0, 0.05) is 12.1 Å². The van der Waals surface area contributed by atoms with Gasteiger partial charge < -0.3 is 14.8 Å². The van der Waals surface area contributed by atoms with E-state index in [4.69, 9.17) is 9.47 Å². The van der Waals surface area contributed by atoms with Crippen LogP contribution in [0.4, 0.5) is 0 Å². The number of halogens is 1. The maximum atomic E-state index is 6.05. The predicted molar refractivity (Wildman–Crippen MR) is 78.0 cm³/mol. The Morgan fingerprint density at radius 3 is 2.63 bits per heavy atom. The van der Waals surface area contributed by atoms with Crippen LogP contribution < -0.4 is 10.1 Å². The van der Waals surface area contributed by atoms with Crippen molar-refractivity contribution in [1.82, 2.24) is 5.32 Å². The van der Waals surface area contributed by atoms with E-state index < -0.39 is 0 Å². The lowest BCUT2D eigenvalue weighted by molar-refractivity contribution is 0.00911. The van der Waals surface area contributed by atoms with Crippen LogP contribution in [-0.2, 0) is 11.3 Å². The maximum Gasteiger partial charge on any atom is 0.119 e. The minimum atomic E-state index is 0. The highest BCUT2D eigenvalue weighted by atomic mass is 35.5. The second-order valence-corrected chi connectivity index (χ2v) is 5.39. The predicted octanol–water partition coefficient (Wildman–Crippen LogP) is 2.92. The van der Waals surface area contributed by atoms with Crippen LogP contribution in [0.25, 0.3) is 0 Å². The molecular weight excluding hydrogens is 262 g/mol. The maximum absolute atomic E-state index is 6.05. The number of fused-ring (bicyclic) bond motifs is 2. The average Bonchev–Trinajstić information content (AvgIpc) is 2.76. The zero-order valence-electron chi connectivity index (χ0n) is 11.3. The minimum Gasteiger partial charge on any atom is -0.497 e. The smallest absolute Gasteiger partial charge is 0.119 e. The summed E-state index contributed by atoms with van der Waals surface area (Å²) in [6, 6.07) is 9.52. The highest BCUT2D eigenvalue weighted by molar-refractivity contribution is 5.85. The lowest BCUT2D eigenvalue weighted by Gasteiger charge is -2.29. The fourth-order valence-electron chi connectivity index (χ4n) is 3.12. The summed E-state index contributed by atoms with van der Waals surface area (Å²) < 4.78 is 11.3. The first-order valence-electron chi connectivity index (χ1n) is 6.84. The summed E-state index contributed by atoms with van der Waals surface area (Å²) in [5, 5.41) is 3.64. The van der Waals surface area contributed by atoms with Gasteiger partial charge in [0.25, 0.3) is 0 Å². The van der Waals surface area contributed by atoms with E-state index in [-0.39, 0.29) is 12.4 Å². The molecule has 4 heteroatoms. The molecule has 0 radical (unpaired) electrons. The summed E-state index contributed by atoms with van der Waals surface area (Å²) in [6.07, 6.45) is 5.41. The van der Waals surface area contributed by atoms with Gasteiger partial charge in [0.05, 0.1) is 19.8 Å². The molecule has 2 saturated heterocycles. The van der Waals surface area contributed by atoms with Crippen molar-refractivity contribution in [2.24, 2.45) is 0 Å². The van der Waals surface area contributed by atoms with Crippen molar-refractivity contribution < 1.29 is 9.47 Å². The topological polar surface area (TPSA) is 30.5 Å². The third-order valence-electron chi connectivity index (χ3n) is 4.05. The van der Waals surface area contributed by atoms with Crippen molar-refractivity contribution in [2.75, 3.05) is 7.11 Å². The van der Waals surface area contributed by atoms with Gasteiger partial charge in [0.15, 0.2) is 0 Å². The minimum absolute atomic E-state index is 0. The number of ether oxygens (including phenoxy) is 2.